The van der Waals surface area contributed by atoms with Crippen LogP contribution in [-0.2, 0) is 7.05 Å². The predicted octanol–water partition coefficient (Wildman–Crippen LogP) is 3.33. The molecule has 0 bridgehead atoms. The number of hydrogen-bond acceptors (Lipinski definition) is 4. The summed E-state index contributed by atoms with van der Waals surface area (Å²) in [5.41, 5.74) is 2.98. The first-order chi connectivity index (χ1) is 10.0. The average Bonchev–Trinajstić information content (AvgIpc) is 2.78. The molecule has 2 heterocycles. The van der Waals surface area contributed by atoms with E-state index in [0.717, 1.165) is 22.7 Å². The molecule has 0 fully saturated rings. The van der Waals surface area contributed by atoms with E-state index in [4.69, 9.17) is 21.1 Å². The minimum Gasteiger partial charge on any atom is -0.486 e. The second-order valence-corrected chi connectivity index (χ2v) is 5.59. The first kappa shape index (κ1) is 14.1. The summed E-state index contributed by atoms with van der Waals surface area (Å²) in [5, 5.41) is 8.39. The van der Waals surface area contributed by atoms with Crippen molar-refractivity contribution >= 4 is 17.3 Å². The van der Waals surface area contributed by atoms with Crippen molar-refractivity contribution in [3.8, 4) is 11.5 Å². The second-order valence-electron chi connectivity index (χ2n) is 5.19. The topological polar surface area (TPSA) is 48.3 Å². The van der Waals surface area contributed by atoms with Gasteiger partial charge >= 0.3 is 0 Å². The van der Waals surface area contributed by atoms with Crippen LogP contribution in [-0.4, -0.2) is 23.0 Å². The Balaban J connectivity index is 1.86. The van der Waals surface area contributed by atoms with E-state index in [1.54, 1.807) is 6.07 Å². The minimum absolute atomic E-state index is 0.0961. The highest BCUT2D eigenvalue weighted by molar-refractivity contribution is 6.33. The van der Waals surface area contributed by atoms with Gasteiger partial charge in [-0.2, -0.15) is 5.10 Å². The molecule has 6 heteroatoms. The number of rotatable bonds is 3. The molecule has 1 aromatic heterocycles. The fourth-order valence-electron chi connectivity index (χ4n) is 2.53. The van der Waals surface area contributed by atoms with Crippen molar-refractivity contribution in [1.29, 1.82) is 0 Å². The van der Waals surface area contributed by atoms with E-state index in [0.29, 0.717) is 24.0 Å². The highest BCUT2D eigenvalue weighted by Crippen LogP contribution is 2.39. The van der Waals surface area contributed by atoms with Crippen molar-refractivity contribution in [3.05, 3.63) is 34.6 Å². The standard InChI is InChI=1S/C15H18ClN3O2/c1-9(11-8-19(3)18-10(11)2)17-13-7-15-14(6-12(13)16)20-4-5-21-15/h6-9,17H,4-5H2,1-3H3. The largest absolute Gasteiger partial charge is 0.486 e. The molecule has 0 amide bonds. The molecule has 1 N–H and O–H groups in total. The third-order valence-corrected chi connectivity index (χ3v) is 3.83. The van der Waals surface area contributed by atoms with Gasteiger partial charge in [-0.25, -0.2) is 0 Å². The molecular formula is C15H18ClN3O2. The monoisotopic (exact) mass is 307 g/mol. The maximum atomic E-state index is 6.32. The molecule has 1 aliphatic heterocycles. The number of nitrogens with one attached hydrogen (secondary N) is 1. The Morgan fingerprint density at radius 1 is 1.29 bits per heavy atom. The number of hydrogen-bond donors (Lipinski definition) is 1. The molecule has 1 atom stereocenters. The number of fused-ring (bicyclic) bond motifs is 1. The number of aryl methyl sites for hydroxylation is 2. The van der Waals surface area contributed by atoms with Crippen LogP contribution in [0.4, 0.5) is 5.69 Å². The Bertz CT molecular complexity index is 669. The van der Waals surface area contributed by atoms with E-state index in [-0.39, 0.29) is 6.04 Å². The van der Waals surface area contributed by atoms with E-state index in [1.807, 2.05) is 30.9 Å². The van der Waals surface area contributed by atoms with Gasteiger partial charge in [-0.15, -0.1) is 0 Å². The van der Waals surface area contributed by atoms with Crippen LogP contribution in [0.1, 0.15) is 24.2 Å². The van der Waals surface area contributed by atoms with Crippen LogP contribution in [0, 0.1) is 6.92 Å². The summed E-state index contributed by atoms with van der Waals surface area (Å²) in [6, 6.07) is 3.78. The zero-order valence-electron chi connectivity index (χ0n) is 12.3. The molecule has 0 aliphatic carbocycles. The number of halogens is 1. The zero-order chi connectivity index (χ0) is 15.0. The molecule has 1 aromatic carbocycles. The smallest absolute Gasteiger partial charge is 0.163 e. The molecular weight excluding hydrogens is 290 g/mol. The lowest BCUT2D eigenvalue weighted by atomic mass is 10.1. The van der Waals surface area contributed by atoms with Gasteiger partial charge in [0.2, 0.25) is 0 Å². The van der Waals surface area contributed by atoms with Crippen molar-refractivity contribution in [2.45, 2.75) is 19.9 Å². The summed E-state index contributed by atoms with van der Waals surface area (Å²) in [7, 11) is 1.92. The molecule has 1 unspecified atom stereocenters. The zero-order valence-corrected chi connectivity index (χ0v) is 13.1. The summed E-state index contributed by atoms with van der Waals surface area (Å²) >= 11 is 6.32. The lowest BCUT2D eigenvalue weighted by Crippen LogP contribution is -2.16. The van der Waals surface area contributed by atoms with E-state index < -0.39 is 0 Å². The number of benzene rings is 1. The summed E-state index contributed by atoms with van der Waals surface area (Å²) < 4.78 is 12.9. The van der Waals surface area contributed by atoms with Gasteiger partial charge in [0.05, 0.1) is 22.4 Å². The van der Waals surface area contributed by atoms with E-state index in [2.05, 4.69) is 17.3 Å². The molecule has 0 saturated heterocycles. The predicted molar refractivity (Wildman–Crippen MR) is 82.4 cm³/mol. The number of nitrogens with zero attached hydrogens (tertiary/aromatic N) is 2. The van der Waals surface area contributed by atoms with Gasteiger partial charge in [0.1, 0.15) is 13.2 Å². The van der Waals surface area contributed by atoms with Crippen LogP contribution < -0.4 is 14.8 Å². The highest BCUT2D eigenvalue weighted by atomic mass is 35.5. The van der Waals surface area contributed by atoms with Gasteiger partial charge in [0.25, 0.3) is 0 Å². The molecule has 1 aliphatic rings. The maximum Gasteiger partial charge on any atom is 0.163 e. The summed E-state index contributed by atoms with van der Waals surface area (Å²) in [4.78, 5) is 0. The molecule has 21 heavy (non-hydrogen) atoms. The van der Waals surface area contributed by atoms with E-state index >= 15 is 0 Å². The molecule has 112 valence electrons. The quantitative estimate of drug-likeness (QED) is 0.945. The first-order valence-electron chi connectivity index (χ1n) is 6.90. The van der Waals surface area contributed by atoms with Gasteiger partial charge < -0.3 is 14.8 Å². The van der Waals surface area contributed by atoms with Gasteiger partial charge in [-0.05, 0) is 13.8 Å². The van der Waals surface area contributed by atoms with Crippen molar-refractivity contribution in [1.82, 2.24) is 9.78 Å². The molecule has 0 spiro atoms. The van der Waals surface area contributed by atoms with Gasteiger partial charge in [-0.3, -0.25) is 4.68 Å². The Morgan fingerprint density at radius 3 is 2.57 bits per heavy atom. The average molecular weight is 308 g/mol. The van der Waals surface area contributed by atoms with E-state index in [9.17, 15) is 0 Å². The van der Waals surface area contributed by atoms with Crippen LogP contribution in [0.15, 0.2) is 18.3 Å². The Hall–Kier alpha value is -1.88. The van der Waals surface area contributed by atoms with Crippen LogP contribution in [0.25, 0.3) is 0 Å². The van der Waals surface area contributed by atoms with Crippen LogP contribution >= 0.6 is 11.6 Å². The van der Waals surface area contributed by atoms with E-state index in [1.165, 1.54) is 0 Å². The fourth-order valence-corrected chi connectivity index (χ4v) is 2.74. The van der Waals surface area contributed by atoms with Crippen LogP contribution in [0.2, 0.25) is 5.02 Å². The highest BCUT2D eigenvalue weighted by Gasteiger charge is 2.18. The van der Waals surface area contributed by atoms with Gasteiger partial charge in [-0.1, -0.05) is 11.6 Å². The number of anilines is 1. The second kappa shape index (κ2) is 5.48. The number of ether oxygens (including phenoxy) is 2. The Morgan fingerprint density at radius 2 is 1.95 bits per heavy atom. The minimum atomic E-state index is 0.0961. The molecule has 0 saturated carbocycles. The van der Waals surface area contributed by atoms with Crippen molar-refractivity contribution in [3.63, 3.8) is 0 Å². The SMILES string of the molecule is Cc1nn(C)cc1C(C)Nc1cc2c(cc1Cl)OCCO2. The lowest BCUT2D eigenvalue weighted by Gasteiger charge is -2.22. The summed E-state index contributed by atoms with van der Waals surface area (Å²) in [5.74, 6) is 1.42. The van der Waals surface area contributed by atoms with Gasteiger partial charge in [0, 0.05) is 30.9 Å². The fraction of sp³-hybridized carbons (Fsp3) is 0.400. The third kappa shape index (κ3) is 2.78. The van der Waals surface area contributed by atoms with Crippen LogP contribution in [0.5, 0.6) is 11.5 Å². The first-order valence-corrected chi connectivity index (χ1v) is 7.28. The molecule has 3 rings (SSSR count). The van der Waals surface area contributed by atoms with Crippen molar-refractivity contribution in [2.75, 3.05) is 18.5 Å². The van der Waals surface area contributed by atoms with Gasteiger partial charge in [0.15, 0.2) is 11.5 Å². The maximum absolute atomic E-state index is 6.32. The molecule has 0 radical (unpaired) electrons. The summed E-state index contributed by atoms with van der Waals surface area (Å²) in [6.07, 6.45) is 2.01. The molecule has 2 aromatic rings. The van der Waals surface area contributed by atoms with Crippen LogP contribution in [0.3, 0.4) is 0 Å². The van der Waals surface area contributed by atoms with Crippen molar-refractivity contribution < 1.29 is 9.47 Å². The van der Waals surface area contributed by atoms with Crippen molar-refractivity contribution in [2.24, 2.45) is 7.05 Å². The number of aromatic nitrogens is 2. The lowest BCUT2D eigenvalue weighted by molar-refractivity contribution is 0.171. The molecule has 5 nitrogen and oxygen atoms in total. The normalized spacial score (nSPS) is 14.9. The Kier molecular flexibility index (Phi) is 3.68. The summed E-state index contributed by atoms with van der Waals surface area (Å²) in [6.45, 7) is 5.20. The Labute approximate surface area is 128 Å². The third-order valence-electron chi connectivity index (χ3n) is 3.52.